The van der Waals surface area contributed by atoms with Crippen LogP contribution in [0.3, 0.4) is 0 Å². The molecule has 0 bridgehead atoms. The molecule has 0 radical (unpaired) electrons. The number of ether oxygens (including phenoxy) is 2. The molecule has 0 atom stereocenters. The molecule has 1 amide bonds. The highest BCUT2D eigenvalue weighted by molar-refractivity contribution is 5.76. The molecule has 0 aromatic heterocycles. The monoisotopic (exact) mass is 349 g/mol. The zero-order valence-corrected chi connectivity index (χ0v) is 15.2. The standard InChI is InChI=1S/C19H28N2O4/c1-3-25-19(23)16-9-12-21(13-10-16)14-18(22)20-11-8-15-6-4-5-7-17(15)24-2/h4-7,16H,3,8-14H2,1-2H3,(H,20,22)/p+1. The van der Waals surface area contributed by atoms with Crippen molar-refractivity contribution < 1.29 is 24.0 Å². The first kappa shape index (κ1) is 19.2. The zero-order valence-electron chi connectivity index (χ0n) is 15.2. The summed E-state index contributed by atoms with van der Waals surface area (Å²) in [6, 6.07) is 7.84. The van der Waals surface area contributed by atoms with E-state index in [-0.39, 0.29) is 17.8 Å². The largest absolute Gasteiger partial charge is 0.496 e. The Balaban J connectivity index is 1.67. The summed E-state index contributed by atoms with van der Waals surface area (Å²) in [6.07, 6.45) is 2.33. The van der Waals surface area contributed by atoms with Gasteiger partial charge in [0.15, 0.2) is 6.54 Å². The van der Waals surface area contributed by atoms with E-state index >= 15 is 0 Å². The summed E-state index contributed by atoms with van der Waals surface area (Å²) in [5, 5.41) is 2.98. The van der Waals surface area contributed by atoms with Crippen LogP contribution in [0.5, 0.6) is 5.75 Å². The van der Waals surface area contributed by atoms with Crippen molar-refractivity contribution in [2.45, 2.75) is 26.2 Å². The van der Waals surface area contributed by atoms with Gasteiger partial charge in [-0.05, 0) is 25.0 Å². The number of nitrogens with one attached hydrogen (secondary N) is 2. The minimum absolute atomic E-state index is 0.00249. The molecule has 0 saturated carbocycles. The summed E-state index contributed by atoms with van der Waals surface area (Å²) in [7, 11) is 1.65. The predicted molar refractivity (Wildman–Crippen MR) is 94.6 cm³/mol. The van der Waals surface area contributed by atoms with E-state index in [0.29, 0.717) is 19.7 Å². The van der Waals surface area contributed by atoms with Gasteiger partial charge in [0.2, 0.25) is 0 Å². The van der Waals surface area contributed by atoms with E-state index in [1.807, 2.05) is 31.2 Å². The molecule has 1 aliphatic rings. The van der Waals surface area contributed by atoms with Crippen molar-refractivity contribution >= 4 is 11.9 Å². The van der Waals surface area contributed by atoms with Crippen molar-refractivity contribution in [3.63, 3.8) is 0 Å². The lowest BCUT2D eigenvalue weighted by atomic mass is 9.97. The third-order valence-corrected chi connectivity index (χ3v) is 4.63. The van der Waals surface area contributed by atoms with Gasteiger partial charge in [-0.25, -0.2) is 0 Å². The molecule has 1 saturated heterocycles. The number of quaternary nitrogens is 1. The molecule has 6 heteroatoms. The molecular weight excluding hydrogens is 320 g/mol. The molecule has 1 aliphatic heterocycles. The second-order valence-electron chi connectivity index (χ2n) is 6.36. The molecule has 2 rings (SSSR count). The number of para-hydroxylation sites is 1. The van der Waals surface area contributed by atoms with E-state index in [9.17, 15) is 9.59 Å². The van der Waals surface area contributed by atoms with Crippen LogP contribution in [0.25, 0.3) is 0 Å². The summed E-state index contributed by atoms with van der Waals surface area (Å²) in [5.41, 5.74) is 1.09. The molecule has 1 fully saturated rings. The first-order valence-corrected chi connectivity index (χ1v) is 9.02. The molecule has 138 valence electrons. The first-order valence-electron chi connectivity index (χ1n) is 9.02. The van der Waals surface area contributed by atoms with Gasteiger partial charge in [0.1, 0.15) is 5.75 Å². The van der Waals surface area contributed by atoms with Crippen molar-refractivity contribution in [1.29, 1.82) is 0 Å². The van der Waals surface area contributed by atoms with E-state index in [4.69, 9.17) is 9.47 Å². The summed E-state index contributed by atoms with van der Waals surface area (Å²) < 4.78 is 10.4. The van der Waals surface area contributed by atoms with Crippen LogP contribution in [0.1, 0.15) is 25.3 Å². The highest BCUT2D eigenvalue weighted by Gasteiger charge is 2.29. The van der Waals surface area contributed by atoms with Crippen LogP contribution in [0.4, 0.5) is 0 Å². The van der Waals surface area contributed by atoms with Crippen LogP contribution < -0.4 is 15.0 Å². The fraction of sp³-hybridized carbons (Fsp3) is 0.579. The minimum atomic E-state index is -0.0946. The maximum atomic E-state index is 12.1. The predicted octanol–water partition coefficient (Wildman–Crippen LogP) is 0.212. The minimum Gasteiger partial charge on any atom is -0.496 e. The molecule has 25 heavy (non-hydrogen) atoms. The normalized spacial score (nSPS) is 19.9. The molecule has 2 N–H and O–H groups in total. The van der Waals surface area contributed by atoms with E-state index in [2.05, 4.69) is 5.32 Å². The summed E-state index contributed by atoms with van der Waals surface area (Å²) in [5.74, 6) is 0.808. The number of methoxy groups -OCH3 is 1. The van der Waals surface area contributed by atoms with Crippen molar-refractivity contribution in [1.82, 2.24) is 5.32 Å². The van der Waals surface area contributed by atoms with Gasteiger partial charge >= 0.3 is 5.97 Å². The van der Waals surface area contributed by atoms with Crippen molar-refractivity contribution in [3.05, 3.63) is 29.8 Å². The maximum absolute atomic E-state index is 12.1. The number of hydrogen-bond acceptors (Lipinski definition) is 4. The summed E-state index contributed by atoms with van der Waals surface area (Å²) in [4.78, 5) is 25.1. The lowest BCUT2D eigenvalue weighted by Gasteiger charge is -2.27. The number of likely N-dealkylation sites (tertiary alicyclic amines) is 1. The smallest absolute Gasteiger partial charge is 0.309 e. The number of piperidine rings is 1. The lowest BCUT2D eigenvalue weighted by Crippen LogP contribution is -3.14. The van der Waals surface area contributed by atoms with Crippen LogP contribution in [-0.4, -0.2) is 51.8 Å². The summed E-state index contributed by atoms with van der Waals surface area (Å²) >= 11 is 0. The van der Waals surface area contributed by atoms with Crippen molar-refractivity contribution in [2.75, 3.05) is 39.9 Å². The van der Waals surface area contributed by atoms with Gasteiger partial charge < -0.3 is 19.7 Å². The van der Waals surface area contributed by atoms with Crippen LogP contribution in [0.15, 0.2) is 24.3 Å². The third-order valence-electron chi connectivity index (χ3n) is 4.63. The Hall–Kier alpha value is -2.08. The molecule has 1 heterocycles. The Morgan fingerprint density at radius 3 is 2.64 bits per heavy atom. The number of carbonyl (C=O) groups is 2. The van der Waals surface area contributed by atoms with E-state index in [1.54, 1.807) is 7.11 Å². The molecule has 1 aromatic rings. The second kappa shape index (κ2) is 10.0. The van der Waals surface area contributed by atoms with E-state index in [0.717, 1.165) is 43.7 Å². The van der Waals surface area contributed by atoms with Gasteiger partial charge in [-0.15, -0.1) is 0 Å². The Bertz CT molecular complexity index is 568. The second-order valence-corrected chi connectivity index (χ2v) is 6.36. The van der Waals surface area contributed by atoms with Crippen molar-refractivity contribution in [2.24, 2.45) is 5.92 Å². The van der Waals surface area contributed by atoms with Gasteiger partial charge in [-0.1, -0.05) is 18.2 Å². The number of benzene rings is 1. The Morgan fingerprint density at radius 2 is 1.96 bits per heavy atom. The molecule has 0 aliphatic carbocycles. The molecule has 1 aromatic carbocycles. The highest BCUT2D eigenvalue weighted by Crippen LogP contribution is 2.17. The lowest BCUT2D eigenvalue weighted by molar-refractivity contribution is -0.897. The maximum Gasteiger partial charge on any atom is 0.309 e. The van der Waals surface area contributed by atoms with Gasteiger partial charge in [0.25, 0.3) is 5.91 Å². The fourth-order valence-corrected chi connectivity index (χ4v) is 3.23. The molecule has 0 spiro atoms. The fourth-order valence-electron chi connectivity index (χ4n) is 3.23. The SMILES string of the molecule is CCOC(=O)C1CC[NH+](CC(=O)NCCc2ccccc2OC)CC1. The van der Waals surface area contributed by atoms with E-state index < -0.39 is 0 Å². The highest BCUT2D eigenvalue weighted by atomic mass is 16.5. The van der Waals surface area contributed by atoms with Crippen LogP contribution in [0, 0.1) is 5.92 Å². The zero-order chi connectivity index (χ0) is 18.1. The average molecular weight is 349 g/mol. The van der Waals surface area contributed by atoms with Gasteiger partial charge in [0.05, 0.1) is 32.7 Å². The van der Waals surface area contributed by atoms with Crippen LogP contribution in [0.2, 0.25) is 0 Å². The molecule has 0 unspecified atom stereocenters. The number of esters is 1. The number of amides is 1. The number of carbonyl (C=O) groups excluding carboxylic acids is 2. The Morgan fingerprint density at radius 1 is 1.24 bits per heavy atom. The first-order chi connectivity index (χ1) is 12.1. The molecular formula is C19H29N2O4+. The van der Waals surface area contributed by atoms with Gasteiger partial charge in [0, 0.05) is 19.4 Å². The van der Waals surface area contributed by atoms with Gasteiger partial charge in [-0.2, -0.15) is 0 Å². The number of hydrogen-bond donors (Lipinski definition) is 2. The Labute approximate surface area is 149 Å². The quantitative estimate of drug-likeness (QED) is 0.659. The van der Waals surface area contributed by atoms with Gasteiger partial charge in [-0.3, -0.25) is 9.59 Å². The average Bonchev–Trinajstić information content (AvgIpc) is 2.63. The van der Waals surface area contributed by atoms with Crippen molar-refractivity contribution in [3.8, 4) is 5.75 Å². The van der Waals surface area contributed by atoms with Crippen LogP contribution >= 0.6 is 0 Å². The van der Waals surface area contributed by atoms with E-state index in [1.165, 1.54) is 4.90 Å². The number of rotatable bonds is 8. The van der Waals surface area contributed by atoms with Crippen LogP contribution in [-0.2, 0) is 20.7 Å². The Kier molecular flexibility index (Phi) is 7.73. The molecule has 6 nitrogen and oxygen atoms in total. The summed E-state index contributed by atoms with van der Waals surface area (Å²) in [6.45, 7) is 4.99. The third kappa shape index (κ3) is 6.05. The topological polar surface area (TPSA) is 69.1 Å².